The summed E-state index contributed by atoms with van der Waals surface area (Å²) in [6.45, 7) is 3.42. The van der Waals surface area contributed by atoms with Gasteiger partial charge in [-0.1, -0.05) is 32.4 Å². The minimum atomic E-state index is -4.75. The number of hydrogen-bond acceptors (Lipinski definition) is 3. The summed E-state index contributed by atoms with van der Waals surface area (Å²) in [6.07, 6.45) is -5.39. The summed E-state index contributed by atoms with van der Waals surface area (Å²) in [4.78, 5) is -0.783. The summed E-state index contributed by atoms with van der Waals surface area (Å²) >= 11 is 0. The SMILES string of the molecule is CCC(C)C(O)CS(=O)(=O)c1ccccc1C(F)(F)F. The number of aliphatic hydroxyl groups is 1. The number of halogens is 3. The summed E-state index contributed by atoms with van der Waals surface area (Å²) < 4.78 is 62.6. The van der Waals surface area contributed by atoms with Crippen LogP contribution >= 0.6 is 0 Å². The van der Waals surface area contributed by atoms with Crippen molar-refractivity contribution in [1.82, 2.24) is 0 Å². The quantitative estimate of drug-likeness (QED) is 0.910. The molecular formula is C13H17F3O3S. The number of sulfone groups is 1. The highest BCUT2D eigenvalue weighted by atomic mass is 32.2. The van der Waals surface area contributed by atoms with E-state index >= 15 is 0 Å². The summed E-state index contributed by atoms with van der Waals surface area (Å²) in [6, 6.07) is 4.01. The van der Waals surface area contributed by atoms with Crippen LogP contribution in [0.25, 0.3) is 0 Å². The number of benzene rings is 1. The van der Waals surface area contributed by atoms with Gasteiger partial charge in [0.05, 0.1) is 22.3 Å². The van der Waals surface area contributed by atoms with Crippen LogP contribution in [0.2, 0.25) is 0 Å². The van der Waals surface area contributed by atoms with E-state index < -0.39 is 38.3 Å². The molecule has 2 atom stereocenters. The van der Waals surface area contributed by atoms with Gasteiger partial charge in [-0.3, -0.25) is 0 Å². The molecule has 0 saturated heterocycles. The van der Waals surface area contributed by atoms with Gasteiger partial charge in [-0.2, -0.15) is 13.2 Å². The largest absolute Gasteiger partial charge is 0.417 e. The van der Waals surface area contributed by atoms with E-state index in [0.717, 1.165) is 18.2 Å². The van der Waals surface area contributed by atoms with Crippen LogP contribution in [-0.4, -0.2) is 25.4 Å². The van der Waals surface area contributed by atoms with E-state index in [9.17, 15) is 26.7 Å². The van der Waals surface area contributed by atoms with Crippen LogP contribution in [0, 0.1) is 5.92 Å². The molecule has 0 aliphatic rings. The van der Waals surface area contributed by atoms with Crippen molar-refractivity contribution in [2.45, 2.75) is 37.4 Å². The third-order valence-corrected chi connectivity index (χ3v) is 5.02. The smallest absolute Gasteiger partial charge is 0.392 e. The van der Waals surface area contributed by atoms with E-state index in [4.69, 9.17) is 0 Å². The normalized spacial score (nSPS) is 15.9. The van der Waals surface area contributed by atoms with Crippen LogP contribution in [0.15, 0.2) is 29.2 Å². The lowest BCUT2D eigenvalue weighted by Gasteiger charge is -2.19. The van der Waals surface area contributed by atoms with E-state index in [1.807, 2.05) is 0 Å². The van der Waals surface area contributed by atoms with Crippen molar-refractivity contribution in [3.63, 3.8) is 0 Å². The van der Waals surface area contributed by atoms with E-state index in [-0.39, 0.29) is 5.92 Å². The molecule has 7 heteroatoms. The minimum absolute atomic E-state index is 0.303. The predicted molar refractivity (Wildman–Crippen MR) is 69.0 cm³/mol. The number of alkyl halides is 3. The molecule has 0 bridgehead atoms. The molecule has 0 aliphatic carbocycles. The number of aliphatic hydroxyl groups excluding tert-OH is 1. The zero-order chi connectivity index (χ0) is 15.6. The number of rotatable bonds is 5. The summed E-state index contributed by atoms with van der Waals surface area (Å²) in [7, 11) is -4.20. The van der Waals surface area contributed by atoms with Crippen molar-refractivity contribution in [2.24, 2.45) is 5.92 Å². The lowest BCUT2D eigenvalue weighted by molar-refractivity contribution is -0.139. The van der Waals surface area contributed by atoms with Crippen molar-refractivity contribution in [2.75, 3.05) is 5.75 Å². The Morgan fingerprint density at radius 1 is 1.25 bits per heavy atom. The second-order valence-corrected chi connectivity index (χ2v) is 6.73. The molecule has 1 rings (SSSR count). The Hall–Kier alpha value is -1.08. The Kier molecular flexibility index (Phi) is 5.21. The molecule has 0 radical (unpaired) electrons. The molecule has 0 heterocycles. The Morgan fingerprint density at radius 2 is 1.80 bits per heavy atom. The van der Waals surface area contributed by atoms with Crippen LogP contribution in [0.4, 0.5) is 13.2 Å². The molecule has 1 aromatic rings. The molecule has 1 N–H and O–H groups in total. The van der Waals surface area contributed by atoms with Gasteiger partial charge in [0.2, 0.25) is 0 Å². The summed E-state index contributed by atoms with van der Waals surface area (Å²) in [5.74, 6) is -1.02. The molecule has 0 fully saturated rings. The van der Waals surface area contributed by atoms with Crippen molar-refractivity contribution < 1.29 is 26.7 Å². The first-order valence-corrected chi connectivity index (χ1v) is 7.82. The fourth-order valence-electron chi connectivity index (χ4n) is 1.72. The first-order chi connectivity index (χ1) is 9.09. The van der Waals surface area contributed by atoms with Gasteiger partial charge < -0.3 is 5.11 Å². The molecule has 0 aromatic heterocycles. The van der Waals surface area contributed by atoms with Gasteiger partial charge in [0.15, 0.2) is 9.84 Å². The van der Waals surface area contributed by atoms with Crippen molar-refractivity contribution in [3.8, 4) is 0 Å². The molecule has 0 aliphatic heterocycles. The van der Waals surface area contributed by atoms with Gasteiger partial charge in [-0.25, -0.2) is 8.42 Å². The van der Waals surface area contributed by atoms with E-state index in [0.29, 0.717) is 6.42 Å². The third-order valence-electron chi connectivity index (χ3n) is 3.22. The molecule has 0 spiro atoms. The zero-order valence-electron chi connectivity index (χ0n) is 11.2. The fourth-order valence-corrected chi connectivity index (χ4v) is 3.49. The molecular weight excluding hydrogens is 293 g/mol. The first kappa shape index (κ1) is 17.0. The van der Waals surface area contributed by atoms with Crippen LogP contribution in [0.5, 0.6) is 0 Å². The number of hydrogen-bond donors (Lipinski definition) is 1. The molecule has 2 unspecified atom stereocenters. The van der Waals surface area contributed by atoms with Crippen LogP contribution in [-0.2, 0) is 16.0 Å². The first-order valence-electron chi connectivity index (χ1n) is 6.16. The molecule has 114 valence electrons. The zero-order valence-corrected chi connectivity index (χ0v) is 12.0. The van der Waals surface area contributed by atoms with E-state index in [1.165, 1.54) is 6.07 Å². The summed E-state index contributed by atoms with van der Waals surface area (Å²) in [5.41, 5.74) is -1.20. The average Bonchev–Trinajstić information content (AvgIpc) is 2.36. The van der Waals surface area contributed by atoms with Crippen molar-refractivity contribution >= 4 is 9.84 Å². The van der Waals surface area contributed by atoms with Gasteiger partial charge in [-0.05, 0) is 18.1 Å². The van der Waals surface area contributed by atoms with Crippen molar-refractivity contribution in [1.29, 1.82) is 0 Å². The molecule has 20 heavy (non-hydrogen) atoms. The topological polar surface area (TPSA) is 54.4 Å². The highest BCUT2D eigenvalue weighted by molar-refractivity contribution is 7.91. The average molecular weight is 310 g/mol. The Bertz CT molecular complexity index is 552. The highest BCUT2D eigenvalue weighted by Crippen LogP contribution is 2.34. The predicted octanol–water partition coefficient (Wildman–Crippen LogP) is 2.89. The van der Waals surface area contributed by atoms with E-state index in [2.05, 4.69) is 0 Å². The Labute approximate surface area is 116 Å². The fraction of sp³-hybridized carbons (Fsp3) is 0.538. The van der Waals surface area contributed by atoms with E-state index in [1.54, 1.807) is 13.8 Å². The third kappa shape index (κ3) is 3.96. The molecule has 0 saturated carbocycles. The maximum atomic E-state index is 12.8. The van der Waals surface area contributed by atoms with Crippen LogP contribution in [0.1, 0.15) is 25.8 Å². The standard InChI is InChI=1S/C13H17F3O3S/c1-3-9(2)11(17)8-20(18,19)12-7-5-4-6-10(12)13(14,15)16/h4-7,9,11,17H,3,8H2,1-2H3. The second kappa shape index (κ2) is 6.13. The molecule has 0 amide bonds. The van der Waals surface area contributed by atoms with Gasteiger partial charge in [-0.15, -0.1) is 0 Å². The maximum absolute atomic E-state index is 12.8. The molecule has 3 nitrogen and oxygen atoms in total. The summed E-state index contributed by atoms with van der Waals surface area (Å²) in [5, 5.41) is 9.75. The van der Waals surface area contributed by atoms with Gasteiger partial charge in [0, 0.05) is 0 Å². The van der Waals surface area contributed by atoms with Crippen LogP contribution in [0.3, 0.4) is 0 Å². The lowest BCUT2D eigenvalue weighted by atomic mass is 10.0. The lowest BCUT2D eigenvalue weighted by Crippen LogP contribution is -2.28. The Morgan fingerprint density at radius 3 is 2.30 bits per heavy atom. The minimum Gasteiger partial charge on any atom is -0.392 e. The van der Waals surface area contributed by atoms with Gasteiger partial charge >= 0.3 is 6.18 Å². The Balaban J connectivity index is 3.17. The highest BCUT2D eigenvalue weighted by Gasteiger charge is 2.37. The second-order valence-electron chi connectivity index (χ2n) is 4.73. The van der Waals surface area contributed by atoms with Crippen LogP contribution < -0.4 is 0 Å². The van der Waals surface area contributed by atoms with Gasteiger partial charge in [0.1, 0.15) is 0 Å². The van der Waals surface area contributed by atoms with Gasteiger partial charge in [0.25, 0.3) is 0 Å². The molecule has 1 aromatic carbocycles. The monoisotopic (exact) mass is 310 g/mol. The van der Waals surface area contributed by atoms with Crippen molar-refractivity contribution in [3.05, 3.63) is 29.8 Å². The maximum Gasteiger partial charge on any atom is 0.417 e.